The lowest BCUT2D eigenvalue weighted by Gasteiger charge is -2.28. The minimum absolute atomic E-state index is 0.284. The third kappa shape index (κ3) is 3.64. The SMILES string of the molecule is O=C(CSC1CCNCC1)N1CCOCC1. The van der Waals surface area contributed by atoms with E-state index < -0.39 is 0 Å². The highest BCUT2D eigenvalue weighted by Crippen LogP contribution is 2.20. The second-order valence-corrected chi connectivity index (χ2v) is 5.54. The molecule has 0 bridgehead atoms. The van der Waals surface area contributed by atoms with Crippen molar-refractivity contribution in [3.8, 4) is 0 Å². The Morgan fingerprint density at radius 1 is 1.31 bits per heavy atom. The fraction of sp³-hybridized carbons (Fsp3) is 0.909. The van der Waals surface area contributed by atoms with Crippen molar-refractivity contribution in [1.29, 1.82) is 0 Å². The summed E-state index contributed by atoms with van der Waals surface area (Å²) in [5.74, 6) is 0.928. The number of hydrogen-bond donors (Lipinski definition) is 1. The molecule has 0 aromatic carbocycles. The molecule has 2 heterocycles. The van der Waals surface area contributed by atoms with E-state index in [-0.39, 0.29) is 5.91 Å². The molecule has 0 saturated carbocycles. The van der Waals surface area contributed by atoms with E-state index in [1.54, 1.807) is 0 Å². The Kier molecular flexibility index (Phi) is 4.93. The van der Waals surface area contributed by atoms with Gasteiger partial charge >= 0.3 is 0 Å². The molecular formula is C11H20N2O2S. The molecule has 0 aromatic heterocycles. The summed E-state index contributed by atoms with van der Waals surface area (Å²) in [5, 5.41) is 4.01. The van der Waals surface area contributed by atoms with E-state index >= 15 is 0 Å². The van der Waals surface area contributed by atoms with E-state index in [1.807, 2.05) is 16.7 Å². The largest absolute Gasteiger partial charge is 0.378 e. The highest BCUT2D eigenvalue weighted by atomic mass is 32.2. The number of nitrogens with zero attached hydrogens (tertiary/aromatic N) is 1. The summed E-state index contributed by atoms with van der Waals surface area (Å²) in [4.78, 5) is 13.8. The number of carbonyl (C=O) groups is 1. The summed E-state index contributed by atoms with van der Waals surface area (Å²) in [6, 6.07) is 0. The van der Waals surface area contributed by atoms with Crippen LogP contribution < -0.4 is 5.32 Å². The predicted octanol–water partition coefficient (Wildman–Crippen LogP) is 0.330. The average molecular weight is 244 g/mol. The number of hydrogen-bond acceptors (Lipinski definition) is 4. The molecule has 0 aliphatic carbocycles. The van der Waals surface area contributed by atoms with Crippen molar-refractivity contribution in [1.82, 2.24) is 10.2 Å². The lowest BCUT2D eigenvalue weighted by atomic mass is 10.2. The van der Waals surface area contributed by atoms with Crippen molar-refractivity contribution in [2.24, 2.45) is 0 Å². The fourth-order valence-electron chi connectivity index (χ4n) is 2.06. The van der Waals surface area contributed by atoms with Gasteiger partial charge in [-0.25, -0.2) is 0 Å². The monoisotopic (exact) mass is 244 g/mol. The Morgan fingerprint density at radius 3 is 2.69 bits per heavy atom. The van der Waals surface area contributed by atoms with Crippen molar-refractivity contribution in [2.75, 3.05) is 45.1 Å². The third-order valence-electron chi connectivity index (χ3n) is 3.09. The lowest BCUT2D eigenvalue weighted by molar-refractivity contribution is -0.132. The molecule has 1 N–H and O–H groups in total. The molecule has 2 aliphatic rings. The molecule has 2 fully saturated rings. The first kappa shape index (κ1) is 12.2. The third-order valence-corrected chi connectivity index (χ3v) is 4.45. The van der Waals surface area contributed by atoms with Crippen molar-refractivity contribution >= 4 is 17.7 Å². The van der Waals surface area contributed by atoms with E-state index in [2.05, 4.69) is 5.32 Å². The van der Waals surface area contributed by atoms with Crippen LogP contribution in [0.5, 0.6) is 0 Å². The Balaban J connectivity index is 1.65. The van der Waals surface area contributed by atoms with Gasteiger partial charge in [-0.05, 0) is 25.9 Å². The smallest absolute Gasteiger partial charge is 0.232 e. The van der Waals surface area contributed by atoms with Crippen LogP contribution in [0.4, 0.5) is 0 Å². The van der Waals surface area contributed by atoms with Crippen LogP contribution >= 0.6 is 11.8 Å². The van der Waals surface area contributed by atoms with Crippen molar-refractivity contribution < 1.29 is 9.53 Å². The number of ether oxygens (including phenoxy) is 1. The summed E-state index contributed by atoms with van der Waals surface area (Å²) >= 11 is 1.83. The number of morpholine rings is 1. The van der Waals surface area contributed by atoms with E-state index in [9.17, 15) is 4.79 Å². The highest BCUT2D eigenvalue weighted by Gasteiger charge is 2.19. The first-order valence-electron chi connectivity index (χ1n) is 6.04. The molecule has 16 heavy (non-hydrogen) atoms. The number of nitrogens with one attached hydrogen (secondary N) is 1. The topological polar surface area (TPSA) is 41.6 Å². The van der Waals surface area contributed by atoms with Crippen LogP contribution in [0.25, 0.3) is 0 Å². The standard InChI is InChI=1S/C11H20N2O2S/c14-11(13-5-7-15-8-6-13)9-16-10-1-3-12-4-2-10/h10,12H,1-9H2. The number of rotatable bonds is 3. The zero-order valence-corrected chi connectivity index (χ0v) is 10.4. The van der Waals surface area contributed by atoms with Gasteiger partial charge in [-0.1, -0.05) is 0 Å². The van der Waals surface area contributed by atoms with Gasteiger partial charge in [0.15, 0.2) is 0 Å². The molecule has 2 rings (SSSR count). The molecule has 0 unspecified atom stereocenters. The van der Waals surface area contributed by atoms with Crippen LogP contribution in [0.2, 0.25) is 0 Å². The molecule has 5 heteroatoms. The second kappa shape index (κ2) is 6.47. The molecule has 1 amide bonds. The van der Waals surface area contributed by atoms with Gasteiger partial charge in [0.1, 0.15) is 0 Å². The van der Waals surface area contributed by atoms with Crippen LogP contribution in [-0.4, -0.2) is 61.2 Å². The van der Waals surface area contributed by atoms with Gasteiger partial charge in [0.25, 0.3) is 0 Å². The van der Waals surface area contributed by atoms with E-state index in [0.717, 1.165) is 26.2 Å². The van der Waals surface area contributed by atoms with Crippen LogP contribution in [0.1, 0.15) is 12.8 Å². The Bertz CT molecular complexity index is 226. The molecule has 0 atom stereocenters. The minimum atomic E-state index is 0.284. The Morgan fingerprint density at radius 2 is 2.00 bits per heavy atom. The zero-order chi connectivity index (χ0) is 11.2. The van der Waals surface area contributed by atoms with Gasteiger partial charge in [-0.2, -0.15) is 0 Å². The Labute approximate surface area is 101 Å². The molecule has 92 valence electrons. The van der Waals surface area contributed by atoms with Gasteiger partial charge in [0, 0.05) is 18.3 Å². The van der Waals surface area contributed by atoms with Crippen LogP contribution in [0, 0.1) is 0 Å². The van der Waals surface area contributed by atoms with Crippen LogP contribution in [0.15, 0.2) is 0 Å². The Hall–Kier alpha value is -0.260. The average Bonchev–Trinajstić information content (AvgIpc) is 2.38. The van der Waals surface area contributed by atoms with E-state index in [0.29, 0.717) is 24.2 Å². The fourth-order valence-corrected chi connectivity index (χ4v) is 3.19. The quantitative estimate of drug-likeness (QED) is 0.777. The number of carbonyl (C=O) groups excluding carboxylic acids is 1. The maximum Gasteiger partial charge on any atom is 0.232 e. The summed E-state index contributed by atoms with van der Waals surface area (Å²) < 4.78 is 5.24. The van der Waals surface area contributed by atoms with Crippen LogP contribution in [-0.2, 0) is 9.53 Å². The summed E-state index contributed by atoms with van der Waals surface area (Å²) in [6.45, 7) is 5.14. The van der Waals surface area contributed by atoms with Gasteiger partial charge in [-0.15, -0.1) is 11.8 Å². The van der Waals surface area contributed by atoms with Crippen molar-refractivity contribution in [2.45, 2.75) is 18.1 Å². The van der Waals surface area contributed by atoms with E-state index in [1.165, 1.54) is 12.8 Å². The maximum atomic E-state index is 11.9. The molecular weight excluding hydrogens is 224 g/mol. The molecule has 4 nitrogen and oxygen atoms in total. The van der Waals surface area contributed by atoms with Gasteiger partial charge in [0.2, 0.25) is 5.91 Å². The van der Waals surface area contributed by atoms with Crippen LogP contribution in [0.3, 0.4) is 0 Å². The normalized spacial score (nSPS) is 23.4. The van der Waals surface area contributed by atoms with Gasteiger partial charge < -0.3 is 15.0 Å². The summed E-state index contributed by atoms with van der Waals surface area (Å²) in [5.41, 5.74) is 0. The molecule has 2 saturated heterocycles. The number of piperidine rings is 1. The van der Waals surface area contributed by atoms with Gasteiger partial charge in [0.05, 0.1) is 19.0 Å². The summed E-state index contributed by atoms with van der Waals surface area (Å²) in [6.07, 6.45) is 2.39. The first-order chi connectivity index (χ1) is 7.86. The predicted molar refractivity (Wildman–Crippen MR) is 65.7 cm³/mol. The molecule has 2 aliphatic heterocycles. The summed E-state index contributed by atoms with van der Waals surface area (Å²) in [7, 11) is 0. The van der Waals surface area contributed by atoms with Gasteiger partial charge in [-0.3, -0.25) is 4.79 Å². The first-order valence-corrected chi connectivity index (χ1v) is 7.09. The minimum Gasteiger partial charge on any atom is -0.378 e. The number of amides is 1. The second-order valence-electron chi connectivity index (χ2n) is 4.25. The zero-order valence-electron chi connectivity index (χ0n) is 9.61. The van der Waals surface area contributed by atoms with Crippen molar-refractivity contribution in [3.63, 3.8) is 0 Å². The molecule has 0 radical (unpaired) electrons. The molecule has 0 aromatic rings. The van der Waals surface area contributed by atoms with E-state index in [4.69, 9.17) is 4.74 Å². The number of thioether (sulfide) groups is 1. The lowest BCUT2D eigenvalue weighted by Crippen LogP contribution is -2.42. The maximum absolute atomic E-state index is 11.9. The van der Waals surface area contributed by atoms with Crippen molar-refractivity contribution in [3.05, 3.63) is 0 Å². The molecule has 0 spiro atoms. The highest BCUT2D eigenvalue weighted by molar-refractivity contribution is 8.00.